The molecule has 0 bridgehead atoms. The fourth-order valence-corrected chi connectivity index (χ4v) is 4.51. The van der Waals surface area contributed by atoms with Gasteiger partial charge in [-0.05, 0) is 31.0 Å². The Balaban J connectivity index is 1.60. The molecule has 0 radical (unpaired) electrons. The van der Waals surface area contributed by atoms with E-state index in [0.29, 0.717) is 42.4 Å². The van der Waals surface area contributed by atoms with Gasteiger partial charge in [-0.15, -0.1) is 0 Å². The molecule has 0 atom stereocenters. The molecule has 3 heterocycles. The summed E-state index contributed by atoms with van der Waals surface area (Å²) in [6, 6.07) is 6.13. The lowest BCUT2D eigenvalue weighted by Gasteiger charge is -2.30. The van der Waals surface area contributed by atoms with Crippen molar-refractivity contribution in [3.05, 3.63) is 48.0 Å². The van der Waals surface area contributed by atoms with Crippen molar-refractivity contribution in [1.29, 1.82) is 0 Å². The van der Waals surface area contributed by atoms with Crippen LogP contribution in [0.3, 0.4) is 0 Å². The topological polar surface area (TPSA) is 125 Å². The molecule has 0 unspecified atom stereocenters. The predicted octanol–water partition coefficient (Wildman–Crippen LogP) is 2.37. The van der Waals surface area contributed by atoms with Gasteiger partial charge in [0.25, 0.3) is 0 Å². The molecule has 1 aliphatic rings. The first-order chi connectivity index (χ1) is 14.7. The van der Waals surface area contributed by atoms with E-state index in [1.54, 1.807) is 18.2 Å². The van der Waals surface area contributed by atoms with Crippen LogP contribution in [-0.4, -0.2) is 64.1 Å². The third-order valence-corrected chi connectivity index (χ3v) is 6.55. The van der Waals surface area contributed by atoms with Crippen LogP contribution in [0.2, 0.25) is 0 Å². The van der Waals surface area contributed by atoms with Crippen LogP contribution in [-0.2, 0) is 10.0 Å². The van der Waals surface area contributed by atoms with Crippen molar-refractivity contribution in [2.24, 2.45) is 0 Å². The fraction of sp³-hybridized carbons (Fsp3) is 0.300. The number of carbonyl (C=O) groups is 1. The Morgan fingerprint density at radius 1 is 1.23 bits per heavy atom. The molecule has 0 amide bonds. The van der Waals surface area contributed by atoms with Crippen LogP contribution in [0.4, 0.5) is 10.3 Å². The van der Waals surface area contributed by atoms with Gasteiger partial charge in [-0.3, -0.25) is 4.98 Å². The first-order valence-corrected chi connectivity index (χ1v) is 11.4. The van der Waals surface area contributed by atoms with Gasteiger partial charge in [0.15, 0.2) is 5.82 Å². The Hall–Kier alpha value is -3.18. The van der Waals surface area contributed by atoms with Crippen LogP contribution >= 0.6 is 0 Å². The Labute approximate surface area is 178 Å². The highest BCUT2D eigenvalue weighted by atomic mass is 32.2. The van der Waals surface area contributed by atoms with E-state index < -0.39 is 21.8 Å². The number of rotatable bonds is 5. The number of fused-ring (bicyclic) bond motifs is 1. The number of carboxylic acids is 1. The second-order valence-electron chi connectivity index (χ2n) is 7.37. The maximum Gasteiger partial charge on any atom is 0.336 e. The molecule has 1 fully saturated rings. The Morgan fingerprint density at radius 3 is 2.65 bits per heavy atom. The number of nitrogens with one attached hydrogen (secondary N) is 1. The zero-order valence-electron chi connectivity index (χ0n) is 16.6. The lowest BCUT2D eigenvalue weighted by molar-refractivity contribution is 0.0699. The van der Waals surface area contributed by atoms with E-state index in [0.717, 1.165) is 6.20 Å². The summed E-state index contributed by atoms with van der Waals surface area (Å²) in [5.41, 5.74) is 0.984. The van der Waals surface area contributed by atoms with Crippen LogP contribution in [0, 0.1) is 5.82 Å². The SMILES string of the molecule is CS(=O)(=O)N1CCC(Nc2ncc(F)c(-c3ccc4nccc(C(=O)O)c4c3)n2)CC1. The first kappa shape index (κ1) is 21.1. The van der Waals surface area contributed by atoms with Crippen molar-refractivity contribution >= 4 is 32.8 Å². The normalized spacial score (nSPS) is 15.8. The number of aromatic nitrogens is 3. The molecule has 3 aromatic rings. The Bertz CT molecular complexity index is 1260. The van der Waals surface area contributed by atoms with Gasteiger partial charge in [0.1, 0.15) is 5.69 Å². The average molecular weight is 445 g/mol. The number of sulfonamides is 1. The molecular weight excluding hydrogens is 425 g/mol. The first-order valence-electron chi connectivity index (χ1n) is 9.59. The maximum atomic E-state index is 14.5. The molecule has 1 aromatic carbocycles. The third-order valence-electron chi connectivity index (χ3n) is 5.25. The second kappa shape index (κ2) is 8.16. The van der Waals surface area contributed by atoms with Gasteiger partial charge in [0.05, 0.1) is 23.5 Å². The summed E-state index contributed by atoms with van der Waals surface area (Å²) in [6.45, 7) is 0.778. The zero-order chi connectivity index (χ0) is 22.2. The second-order valence-corrected chi connectivity index (χ2v) is 9.35. The third kappa shape index (κ3) is 4.47. The zero-order valence-corrected chi connectivity index (χ0v) is 17.4. The highest BCUT2D eigenvalue weighted by molar-refractivity contribution is 7.88. The molecule has 2 aromatic heterocycles. The van der Waals surface area contributed by atoms with E-state index in [4.69, 9.17) is 0 Å². The summed E-state index contributed by atoms with van der Waals surface area (Å²) >= 11 is 0. The maximum absolute atomic E-state index is 14.5. The van der Waals surface area contributed by atoms with E-state index in [9.17, 15) is 22.7 Å². The number of halogens is 1. The molecule has 0 aliphatic carbocycles. The van der Waals surface area contributed by atoms with Crippen molar-refractivity contribution < 1.29 is 22.7 Å². The summed E-state index contributed by atoms with van der Waals surface area (Å²) in [6.07, 6.45) is 4.81. The summed E-state index contributed by atoms with van der Waals surface area (Å²) in [7, 11) is -3.22. The number of aromatic carboxylic acids is 1. The Kier molecular flexibility index (Phi) is 5.54. The van der Waals surface area contributed by atoms with Gasteiger partial charge in [0, 0.05) is 36.3 Å². The standard InChI is InChI=1S/C20H20FN5O4S/c1-31(29,30)26-8-5-13(6-9-26)24-20-23-11-16(21)18(25-20)12-2-3-17-15(10-12)14(19(27)28)4-7-22-17/h2-4,7,10-11,13H,5-6,8-9H2,1H3,(H,27,28)(H,23,24,25). The molecule has 1 aliphatic heterocycles. The molecule has 162 valence electrons. The van der Waals surface area contributed by atoms with E-state index in [-0.39, 0.29) is 23.2 Å². The van der Waals surface area contributed by atoms with Crippen LogP contribution in [0.15, 0.2) is 36.7 Å². The smallest absolute Gasteiger partial charge is 0.336 e. The van der Waals surface area contributed by atoms with Crippen LogP contribution < -0.4 is 5.32 Å². The van der Waals surface area contributed by atoms with Crippen molar-refractivity contribution in [1.82, 2.24) is 19.3 Å². The molecule has 0 saturated carbocycles. The van der Waals surface area contributed by atoms with Gasteiger partial charge in [-0.2, -0.15) is 0 Å². The molecule has 11 heteroatoms. The average Bonchev–Trinajstić information content (AvgIpc) is 2.74. The molecule has 31 heavy (non-hydrogen) atoms. The van der Waals surface area contributed by atoms with Crippen molar-refractivity contribution in [2.75, 3.05) is 24.7 Å². The number of carboxylic acid groups (broad SMARTS) is 1. The van der Waals surface area contributed by atoms with Gasteiger partial charge in [-0.1, -0.05) is 6.07 Å². The summed E-state index contributed by atoms with van der Waals surface area (Å²) in [5, 5.41) is 12.9. The van der Waals surface area contributed by atoms with Gasteiger partial charge < -0.3 is 10.4 Å². The highest BCUT2D eigenvalue weighted by Gasteiger charge is 2.25. The molecule has 2 N–H and O–H groups in total. The van der Waals surface area contributed by atoms with Crippen LogP contribution in [0.25, 0.3) is 22.2 Å². The number of nitrogens with zero attached hydrogens (tertiary/aromatic N) is 4. The van der Waals surface area contributed by atoms with Crippen molar-refractivity contribution in [2.45, 2.75) is 18.9 Å². The predicted molar refractivity (Wildman–Crippen MR) is 113 cm³/mol. The Morgan fingerprint density at radius 2 is 1.97 bits per heavy atom. The summed E-state index contributed by atoms with van der Waals surface area (Å²) in [4.78, 5) is 24.0. The summed E-state index contributed by atoms with van der Waals surface area (Å²) < 4.78 is 39.2. The van der Waals surface area contributed by atoms with Crippen LogP contribution in [0.5, 0.6) is 0 Å². The van der Waals surface area contributed by atoms with E-state index in [1.807, 2.05) is 0 Å². The van der Waals surface area contributed by atoms with E-state index >= 15 is 0 Å². The van der Waals surface area contributed by atoms with Crippen molar-refractivity contribution in [3.8, 4) is 11.3 Å². The molecular formula is C20H20FN5O4S. The van der Waals surface area contributed by atoms with Gasteiger partial charge in [0.2, 0.25) is 16.0 Å². The van der Waals surface area contributed by atoms with E-state index in [2.05, 4.69) is 20.3 Å². The number of benzene rings is 1. The number of hydrogen-bond acceptors (Lipinski definition) is 7. The number of pyridine rings is 1. The minimum atomic E-state index is -3.22. The molecule has 4 rings (SSSR count). The molecule has 0 spiro atoms. The lowest BCUT2D eigenvalue weighted by atomic mass is 10.0. The minimum Gasteiger partial charge on any atom is -0.478 e. The van der Waals surface area contributed by atoms with Gasteiger partial charge in [-0.25, -0.2) is 31.9 Å². The molecule has 9 nitrogen and oxygen atoms in total. The van der Waals surface area contributed by atoms with Gasteiger partial charge >= 0.3 is 5.97 Å². The monoisotopic (exact) mass is 445 g/mol. The van der Waals surface area contributed by atoms with Crippen molar-refractivity contribution in [3.63, 3.8) is 0 Å². The largest absolute Gasteiger partial charge is 0.478 e. The summed E-state index contributed by atoms with van der Waals surface area (Å²) in [5.74, 6) is -1.52. The lowest BCUT2D eigenvalue weighted by Crippen LogP contribution is -2.42. The minimum absolute atomic E-state index is 0.0353. The number of anilines is 1. The van der Waals surface area contributed by atoms with E-state index in [1.165, 1.54) is 22.8 Å². The van der Waals surface area contributed by atoms with Crippen LogP contribution in [0.1, 0.15) is 23.2 Å². The number of piperidine rings is 1. The fourth-order valence-electron chi connectivity index (χ4n) is 3.63. The quantitative estimate of drug-likeness (QED) is 0.613. The highest BCUT2D eigenvalue weighted by Crippen LogP contribution is 2.27. The molecule has 1 saturated heterocycles. The number of hydrogen-bond donors (Lipinski definition) is 2.